The largest absolute Gasteiger partial charge is 0.301 e. The Bertz CT molecular complexity index is 1230. The van der Waals surface area contributed by atoms with E-state index in [0.29, 0.717) is 32.3 Å². The molecule has 0 aliphatic carbocycles. The van der Waals surface area contributed by atoms with Crippen LogP contribution in [0.25, 0.3) is 21.3 Å². The van der Waals surface area contributed by atoms with Crippen molar-refractivity contribution < 1.29 is 0 Å². The molecule has 0 aliphatic heterocycles. The van der Waals surface area contributed by atoms with Crippen LogP contribution in [0.1, 0.15) is 30.9 Å². The second kappa shape index (κ2) is 8.52. The molecule has 4 aromatic rings. The Labute approximate surface area is 187 Å². The van der Waals surface area contributed by atoms with E-state index in [4.69, 9.17) is 23.2 Å². The third-order valence-corrected chi connectivity index (χ3v) is 7.07. The minimum Gasteiger partial charge on any atom is -0.301 e. The van der Waals surface area contributed by atoms with Crippen molar-refractivity contribution >= 4 is 56.5 Å². The molecule has 0 aliphatic rings. The quantitative estimate of drug-likeness (QED) is 0.249. The number of thioether (sulfide) groups is 1. The van der Waals surface area contributed by atoms with Crippen molar-refractivity contribution in [3.8, 4) is 11.1 Å². The molecule has 2 aromatic heterocycles. The molecule has 0 amide bonds. The van der Waals surface area contributed by atoms with E-state index in [1.165, 1.54) is 28.7 Å². The zero-order valence-electron chi connectivity index (χ0n) is 15.8. The summed E-state index contributed by atoms with van der Waals surface area (Å²) in [7, 11) is 0. The monoisotopic (exact) mass is 460 g/mol. The van der Waals surface area contributed by atoms with Gasteiger partial charge in [0, 0.05) is 26.7 Å². The average molecular weight is 461 g/mol. The first kappa shape index (κ1) is 20.5. The van der Waals surface area contributed by atoms with Gasteiger partial charge in [-0.2, -0.15) is 0 Å². The third kappa shape index (κ3) is 4.38. The first-order chi connectivity index (χ1) is 13.9. The maximum atomic E-state index is 12.8. The molecule has 0 fully saturated rings. The highest BCUT2D eigenvalue weighted by Gasteiger charge is 2.14. The molecule has 2 aromatic carbocycles. The van der Waals surface area contributed by atoms with Crippen molar-refractivity contribution in [1.82, 2.24) is 9.97 Å². The standard InChI is InChI=1S/C22H18Cl2N2OS2/c1-12(2)13-3-5-14(6-4-13)17-11-28-21-19(17)20(27)25-22(26-21)29-10-15-7-8-16(23)9-18(15)24/h3-9,11-12H,10H2,1-2H3,(H,25,26,27). The van der Waals surface area contributed by atoms with Gasteiger partial charge in [0.25, 0.3) is 5.56 Å². The Hall–Kier alpha value is -1.79. The van der Waals surface area contributed by atoms with Crippen LogP contribution < -0.4 is 5.56 Å². The summed E-state index contributed by atoms with van der Waals surface area (Å²) < 4.78 is 0. The Balaban J connectivity index is 1.62. The van der Waals surface area contributed by atoms with E-state index in [2.05, 4.69) is 48.1 Å². The number of benzene rings is 2. The highest BCUT2D eigenvalue weighted by atomic mass is 35.5. The summed E-state index contributed by atoms with van der Waals surface area (Å²) in [5.74, 6) is 1.07. The van der Waals surface area contributed by atoms with Crippen LogP contribution in [0.15, 0.2) is 57.8 Å². The van der Waals surface area contributed by atoms with Gasteiger partial charge in [-0.25, -0.2) is 4.98 Å². The lowest BCUT2D eigenvalue weighted by Crippen LogP contribution is -2.08. The van der Waals surface area contributed by atoms with Crippen LogP contribution in [0.3, 0.4) is 0 Å². The zero-order chi connectivity index (χ0) is 20.5. The fraction of sp³-hybridized carbons (Fsp3) is 0.182. The molecular formula is C22H18Cl2N2OS2. The van der Waals surface area contributed by atoms with Gasteiger partial charge in [-0.1, -0.05) is 79.1 Å². The Morgan fingerprint density at radius 3 is 2.59 bits per heavy atom. The van der Waals surface area contributed by atoms with Crippen LogP contribution in [0, 0.1) is 0 Å². The van der Waals surface area contributed by atoms with Gasteiger partial charge in [0.05, 0.1) is 5.39 Å². The summed E-state index contributed by atoms with van der Waals surface area (Å²) in [4.78, 5) is 21.1. The van der Waals surface area contributed by atoms with Crippen molar-refractivity contribution in [3.05, 3.63) is 79.4 Å². The average Bonchev–Trinajstić information content (AvgIpc) is 3.12. The molecule has 7 heteroatoms. The molecule has 0 atom stereocenters. The molecule has 0 saturated heterocycles. The molecule has 148 valence electrons. The van der Waals surface area contributed by atoms with Crippen molar-refractivity contribution in [3.63, 3.8) is 0 Å². The minimum atomic E-state index is -0.121. The van der Waals surface area contributed by atoms with Crippen molar-refractivity contribution in [1.29, 1.82) is 0 Å². The topological polar surface area (TPSA) is 45.8 Å². The first-order valence-electron chi connectivity index (χ1n) is 9.11. The number of nitrogens with one attached hydrogen (secondary N) is 1. The Morgan fingerprint density at radius 1 is 1.14 bits per heavy atom. The number of nitrogens with zero attached hydrogens (tertiary/aromatic N) is 1. The highest BCUT2D eigenvalue weighted by molar-refractivity contribution is 7.98. The smallest absolute Gasteiger partial charge is 0.260 e. The third-order valence-electron chi connectivity index (χ3n) is 4.69. The van der Waals surface area contributed by atoms with Crippen LogP contribution >= 0.6 is 46.3 Å². The second-order valence-corrected chi connectivity index (χ2v) is 9.67. The van der Waals surface area contributed by atoms with Gasteiger partial charge >= 0.3 is 0 Å². The van der Waals surface area contributed by atoms with E-state index in [0.717, 1.165) is 21.5 Å². The van der Waals surface area contributed by atoms with E-state index in [-0.39, 0.29) is 5.56 Å². The van der Waals surface area contributed by atoms with E-state index in [1.54, 1.807) is 12.1 Å². The summed E-state index contributed by atoms with van der Waals surface area (Å²) in [5, 5.41) is 4.43. The maximum Gasteiger partial charge on any atom is 0.260 e. The van der Waals surface area contributed by atoms with E-state index in [9.17, 15) is 4.79 Å². The van der Waals surface area contributed by atoms with Gasteiger partial charge in [0.15, 0.2) is 5.16 Å². The number of rotatable bonds is 5. The van der Waals surface area contributed by atoms with Gasteiger partial charge < -0.3 is 4.98 Å². The molecular weight excluding hydrogens is 443 g/mol. The fourth-order valence-corrected chi connectivity index (χ4v) is 5.47. The summed E-state index contributed by atoms with van der Waals surface area (Å²) in [6.07, 6.45) is 0. The van der Waals surface area contributed by atoms with Crippen molar-refractivity contribution in [2.45, 2.75) is 30.7 Å². The molecule has 0 bridgehead atoms. The molecule has 0 spiro atoms. The lowest BCUT2D eigenvalue weighted by molar-refractivity contribution is 0.867. The number of H-pyrrole nitrogens is 1. The molecule has 1 N–H and O–H groups in total. The van der Waals surface area contributed by atoms with Crippen molar-refractivity contribution in [2.24, 2.45) is 0 Å². The summed E-state index contributed by atoms with van der Waals surface area (Å²) in [6.45, 7) is 4.33. The van der Waals surface area contributed by atoms with Gasteiger partial charge in [-0.05, 0) is 34.7 Å². The first-order valence-corrected chi connectivity index (χ1v) is 11.7. The summed E-state index contributed by atoms with van der Waals surface area (Å²) in [6, 6.07) is 13.8. The normalized spacial score (nSPS) is 11.5. The van der Waals surface area contributed by atoms with Crippen LogP contribution in [0.5, 0.6) is 0 Å². The summed E-state index contributed by atoms with van der Waals surface area (Å²) in [5.41, 5.74) is 4.05. The number of aromatic amines is 1. The van der Waals surface area contributed by atoms with Crippen LogP contribution in [-0.2, 0) is 5.75 Å². The van der Waals surface area contributed by atoms with Gasteiger partial charge in [-0.3, -0.25) is 4.79 Å². The van der Waals surface area contributed by atoms with Crippen LogP contribution in [-0.4, -0.2) is 9.97 Å². The van der Waals surface area contributed by atoms with Crippen LogP contribution in [0.4, 0.5) is 0 Å². The fourth-order valence-electron chi connectivity index (χ4n) is 3.04. The number of halogens is 2. The highest BCUT2D eigenvalue weighted by Crippen LogP contribution is 2.33. The minimum absolute atomic E-state index is 0.121. The molecule has 4 rings (SSSR count). The number of hydrogen-bond acceptors (Lipinski definition) is 4. The molecule has 29 heavy (non-hydrogen) atoms. The van der Waals surface area contributed by atoms with Crippen LogP contribution in [0.2, 0.25) is 10.0 Å². The molecule has 2 heterocycles. The van der Waals surface area contributed by atoms with E-state index < -0.39 is 0 Å². The number of hydrogen-bond donors (Lipinski definition) is 1. The van der Waals surface area contributed by atoms with Crippen molar-refractivity contribution in [2.75, 3.05) is 0 Å². The molecule has 0 unspecified atom stereocenters. The second-order valence-electron chi connectivity index (χ2n) is 7.00. The number of fused-ring (bicyclic) bond motifs is 1. The predicted octanol–water partition coefficient (Wildman–Crippen LogP) is 7.37. The SMILES string of the molecule is CC(C)c1ccc(-c2csc3nc(SCc4ccc(Cl)cc4Cl)[nH]c(=O)c23)cc1. The van der Waals surface area contributed by atoms with Gasteiger partial charge in [0.2, 0.25) is 0 Å². The molecule has 3 nitrogen and oxygen atoms in total. The number of aromatic nitrogens is 2. The maximum absolute atomic E-state index is 12.8. The lowest BCUT2D eigenvalue weighted by Gasteiger charge is -2.07. The Morgan fingerprint density at radius 2 is 1.90 bits per heavy atom. The van der Waals surface area contributed by atoms with Gasteiger partial charge in [-0.15, -0.1) is 11.3 Å². The Kier molecular flexibility index (Phi) is 6.02. The summed E-state index contributed by atoms with van der Waals surface area (Å²) >= 11 is 15.1. The predicted molar refractivity (Wildman–Crippen MR) is 126 cm³/mol. The number of thiophene rings is 1. The lowest BCUT2D eigenvalue weighted by atomic mass is 9.99. The zero-order valence-corrected chi connectivity index (χ0v) is 19.0. The van der Waals surface area contributed by atoms with E-state index in [1.807, 2.05) is 11.4 Å². The van der Waals surface area contributed by atoms with E-state index >= 15 is 0 Å². The molecule has 0 radical (unpaired) electrons. The van der Waals surface area contributed by atoms with Gasteiger partial charge in [0.1, 0.15) is 4.83 Å². The molecule has 0 saturated carbocycles.